The summed E-state index contributed by atoms with van der Waals surface area (Å²) in [6.45, 7) is 3.90. The minimum absolute atomic E-state index is 0.0352. The molecular weight excluding hydrogens is 204 g/mol. The van der Waals surface area contributed by atoms with Crippen molar-refractivity contribution in [2.45, 2.75) is 50.7 Å². The molecular formula is C12H26N2O2. The van der Waals surface area contributed by atoms with E-state index in [-0.39, 0.29) is 18.7 Å². The molecule has 96 valence electrons. The summed E-state index contributed by atoms with van der Waals surface area (Å²) in [4.78, 5) is 2.36. The summed E-state index contributed by atoms with van der Waals surface area (Å²) in [5, 5.41) is 9.51. The second-order valence-electron chi connectivity index (χ2n) is 4.81. The zero-order valence-electron chi connectivity index (χ0n) is 10.6. The second-order valence-corrected chi connectivity index (χ2v) is 4.81. The van der Waals surface area contributed by atoms with Crippen molar-refractivity contribution >= 4 is 0 Å². The molecule has 1 rings (SSSR count). The fourth-order valence-corrected chi connectivity index (χ4v) is 2.58. The van der Waals surface area contributed by atoms with Crippen LogP contribution in [0, 0.1) is 0 Å². The first-order valence-electron chi connectivity index (χ1n) is 6.31. The molecule has 1 aliphatic rings. The third-order valence-electron chi connectivity index (χ3n) is 3.57. The highest BCUT2D eigenvalue weighted by Gasteiger charge is 2.28. The lowest BCUT2D eigenvalue weighted by molar-refractivity contribution is 0.0495. The SMILES string of the molecule is COCC(N)C(CO)N1CCCCCC1C. The molecule has 1 heterocycles. The molecule has 1 saturated heterocycles. The predicted octanol–water partition coefficient (Wildman–Crippen LogP) is 0.586. The fraction of sp³-hybridized carbons (Fsp3) is 1.00. The third kappa shape index (κ3) is 3.70. The van der Waals surface area contributed by atoms with Crippen LogP contribution in [0.4, 0.5) is 0 Å². The molecule has 0 radical (unpaired) electrons. The molecule has 0 amide bonds. The Hall–Kier alpha value is -0.160. The van der Waals surface area contributed by atoms with Gasteiger partial charge in [-0.1, -0.05) is 12.8 Å². The Morgan fingerprint density at radius 3 is 2.81 bits per heavy atom. The highest BCUT2D eigenvalue weighted by molar-refractivity contribution is 4.86. The van der Waals surface area contributed by atoms with E-state index < -0.39 is 0 Å². The number of aliphatic hydroxyl groups is 1. The van der Waals surface area contributed by atoms with Gasteiger partial charge in [0.2, 0.25) is 0 Å². The zero-order valence-corrected chi connectivity index (χ0v) is 10.6. The van der Waals surface area contributed by atoms with Gasteiger partial charge in [0.15, 0.2) is 0 Å². The summed E-state index contributed by atoms with van der Waals surface area (Å²) in [6.07, 6.45) is 4.99. The Bertz CT molecular complexity index is 190. The van der Waals surface area contributed by atoms with Crippen molar-refractivity contribution in [2.24, 2.45) is 5.73 Å². The molecule has 0 aromatic heterocycles. The van der Waals surface area contributed by atoms with Crippen molar-refractivity contribution in [1.82, 2.24) is 4.90 Å². The van der Waals surface area contributed by atoms with Crippen LogP contribution in [0.3, 0.4) is 0 Å². The van der Waals surface area contributed by atoms with E-state index in [0.29, 0.717) is 12.6 Å². The first-order valence-corrected chi connectivity index (χ1v) is 6.31. The van der Waals surface area contributed by atoms with Crippen molar-refractivity contribution in [3.63, 3.8) is 0 Å². The summed E-state index contributed by atoms with van der Waals surface area (Å²) >= 11 is 0. The van der Waals surface area contributed by atoms with Crippen LogP contribution in [0.2, 0.25) is 0 Å². The average molecular weight is 230 g/mol. The average Bonchev–Trinajstić information content (AvgIpc) is 2.46. The van der Waals surface area contributed by atoms with Gasteiger partial charge < -0.3 is 15.6 Å². The third-order valence-corrected chi connectivity index (χ3v) is 3.57. The molecule has 3 unspecified atom stereocenters. The normalized spacial score (nSPS) is 27.4. The number of ether oxygens (including phenoxy) is 1. The van der Waals surface area contributed by atoms with Gasteiger partial charge in [-0.05, 0) is 26.3 Å². The first-order chi connectivity index (χ1) is 7.70. The predicted molar refractivity (Wildman–Crippen MR) is 65.4 cm³/mol. The fourth-order valence-electron chi connectivity index (χ4n) is 2.58. The van der Waals surface area contributed by atoms with E-state index in [1.54, 1.807) is 7.11 Å². The molecule has 0 bridgehead atoms. The molecule has 0 aromatic carbocycles. The van der Waals surface area contributed by atoms with Crippen molar-refractivity contribution in [3.05, 3.63) is 0 Å². The van der Waals surface area contributed by atoms with Crippen molar-refractivity contribution in [1.29, 1.82) is 0 Å². The van der Waals surface area contributed by atoms with Gasteiger partial charge in [-0.3, -0.25) is 4.90 Å². The summed E-state index contributed by atoms with van der Waals surface area (Å²) in [7, 11) is 1.65. The monoisotopic (exact) mass is 230 g/mol. The summed E-state index contributed by atoms with van der Waals surface area (Å²) in [6, 6.07) is 0.450. The number of likely N-dealkylation sites (tertiary alicyclic amines) is 1. The van der Waals surface area contributed by atoms with Gasteiger partial charge >= 0.3 is 0 Å². The number of hydrogen-bond donors (Lipinski definition) is 2. The Labute approximate surface area is 98.8 Å². The minimum atomic E-state index is -0.101. The highest BCUT2D eigenvalue weighted by Crippen LogP contribution is 2.19. The lowest BCUT2D eigenvalue weighted by Crippen LogP contribution is -2.54. The van der Waals surface area contributed by atoms with Crippen molar-refractivity contribution in [3.8, 4) is 0 Å². The van der Waals surface area contributed by atoms with Crippen molar-refractivity contribution in [2.75, 3.05) is 26.9 Å². The summed E-state index contributed by atoms with van der Waals surface area (Å²) < 4.78 is 5.08. The first kappa shape index (κ1) is 13.9. The quantitative estimate of drug-likeness (QED) is 0.725. The van der Waals surface area contributed by atoms with Crippen LogP contribution in [0.5, 0.6) is 0 Å². The Morgan fingerprint density at radius 1 is 1.44 bits per heavy atom. The number of aliphatic hydroxyl groups excluding tert-OH is 1. The van der Waals surface area contributed by atoms with Crippen molar-refractivity contribution < 1.29 is 9.84 Å². The maximum atomic E-state index is 9.51. The van der Waals surface area contributed by atoms with Crippen LogP contribution >= 0.6 is 0 Å². The molecule has 4 nitrogen and oxygen atoms in total. The number of hydrogen-bond acceptors (Lipinski definition) is 4. The molecule has 4 heteroatoms. The van der Waals surface area contributed by atoms with Gasteiger partial charge in [0.05, 0.1) is 19.3 Å². The number of methoxy groups -OCH3 is 1. The second kappa shape index (κ2) is 7.22. The van der Waals surface area contributed by atoms with E-state index in [1.807, 2.05) is 0 Å². The topological polar surface area (TPSA) is 58.7 Å². The molecule has 1 fully saturated rings. The van der Waals surface area contributed by atoms with Gasteiger partial charge in [-0.2, -0.15) is 0 Å². The molecule has 0 aliphatic carbocycles. The van der Waals surface area contributed by atoms with Gasteiger partial charge in [0.1, 0.15) is 0 Å². The largest absolute Gasteiger partial charge is 0.395 e. The van der Waals surface area contributed by atoms with E-state index in [1.165, 1.54) is 25.7 Å². The lowest BCUT2D eigenvalue weighted by Gasteiger charge is -2.37. The van der Waals surface area contributed by atoms with Gasteiger partial charge in [0.25, 0.3) is 0 Å². The summed E-state index contributed by atoms with van der Waals surface area (Å²) in [5.74, 6) is 0. The molecule has 3 N–H and O–H groups in total. The standard InChI is InChI=1S/C12H26N2O2/c1-10-6-4-3-5-7-14(10)12(8-15)11(13)9-16-2/h10-12,15H,3-9,13H2,1-2H3. The molecule has 0 aromatic rings. The van der Waals surface area contributed by atoms with E-state index in [2.05, 4.69) is 11.8 Å². The molecule has 0 saturated carbocycles. The Morgan fingerprint density at radius 2 is 2.19 bits per heavy atom. The summed E-state index contributed by atoms with van der Waals surface area (Å²) in [5.41, 5.74) is 6.06. The van der Waals surface area contributed by atoms with Crippen LogP contribution in [0.15, 0.2) is 0 Å². The van der Waals surface area contributed by atoms with Gasteiger partial charge in [-0.15, -0.1) is 0 Å². The molecule has 16 heavy (non-hydrogen) atoms. The van der Waals surface area contributed by atoms with E-state index >= 15 is 0 Å². The van der Waals surface area contributed by atoms with Gasteiger partial charge in [0, 0.05) is 19.2 Å². The van der Waals surface area contributed by atoms with E-state index in [4.69, 9.17) is 10.5 Å². The number of nitrogens with zero attached hydrogens (tertiary/aromatic N) is 1. The maximum absolute atomic E-state index is 9.51. The minimum Gasteiger partial charge on any atom is -0.395 e. The van der Waals surface area contributed by atoms with Crippen LogP contribution in [0.1, 0.15) is 32.6 Å². The van der Waals surface area contributed by atoms with Crippen LogP contribution in [-0.4, -0.2) is 55.0 Å². The molecule has 3 atom stereocenters. The van der Waals surface area contributed by atoms with Crippen LogP contribution < -0.4 is 5.73 Å². The molecule has 1 aliphatic heterocycles. The number of nitrogens with two attached hydrogens (primary N) is 1. The highest BCUT2D eigenvalue weighted by atomic mass is 16.5. The van der Waals surface area contributed by atoms with Crippen LogP contribution in [-0.2, 0) is 4.74 Å². The smallest absolute Gasteiger partial charge is 0.0629 e. The van der Waals surface area contributed by atoms with Crippen LogP contribution in [0.25, 0.3) is 0 Å². The Kier molecular flexibility index (Phi) is 6.28. The maximum Gasteiger partial charge on any atom is 0.0629 e. The molecule has 0 spiro atoms. The number of rotatable bonds is 5. The van der Waals surface area contributed by atoms with E-state index in [0.717, 1.165) is 6.54 Å². The van der Waals surface area contributed by atoms with Gasteiger partial charge in [-0.25, -0.2) is 0 Å². The van der Waals surface area contributed by atoms with E-state index in [9.17, 15) is 5.11 Å². The Balaban J connectivity index is 2.60. The lowest BCUT2D eigenvalue weighted by atomic mass is 10.1. The zero-order chi connectivity index (χ0) is 12.0.